The summed E-state index contributed by atoms with van der Waals surface area (Å²) in [6, 6.07) is 15.3. The fourth-order valence-corrected chi connectivity index (χ4v) is 4.59. The van der Waals surface area contributed by atoms with Crippen LogP contribution in [0.1, 0.15) is 13.3 Å². The summed E-state index contributed by atoms with van der Waals surface area (Å²) in [7, 11) is -3.65. The van der Waals surface area contributed by atoms with Crippen molar-refractivity contribution >= 4 is 27.5 Å². The molecule has 1 fully saturated rings. The summed E-state index contributed by atoms with van der Waals surface area (Å²) in [6.07, 6.45) is 0.242. The maximum absolute atomic E-state index is 12.8. The van der Waals surface area contributed by atoms with Crippen molar-refractivity contribution in [2.45, 2.75) is 18.2 Å². The van der Waals surface area contributed by atoms with Gasteiger partial charge in [-0.3, -0.25) is 9.59 Å². The van der Waals surface area contributed by atoms with E-state index in [0.717, 1.165) is 0 Å². The number of amides is 2. The van der Waals surface area contributed by atoms with E-state index < -0.39 is 10.0 Å². The van der Waals surface area contributed by atoms with Gasteiger partial charge in [-0.2, -0.15) is 4.31 Å². The molecule has 0 bridgehead atoms. The molecule has 1 saturated heterocycles. The number of para-hydroxylation sites is 1. The summed E-state index contributed by atoms with van der Waals surface area (Å²) in [5.41, 5.74) is 0.537. The average molecular weight is 432 g/mol. The molecule has 3 rings (SSSR count). The highest BCUT2D eigenvalue weighted by molar-refractivity contribution is 7.89. The highest BCUT2D eigenvalue weighted by atomic mass is 32.2. The van der Waals surface area contributed by atoms with Crippen LogP contribution in [0.15, 0.2) is 59.5 Å². The largest absolute Gasteiger partial charge is 0.493 e. The molecule has 8 nitrogen and oxygen atoms in total. The Morgan fingerprint density at radius 2 is 1.60 bits per heavy atom. The summed E-state index contributed by atoms with van der Waals surface area (Å²) >= 11 is 0. The average Bonchev–Trinajstić information content (AvgIpc) is 2.74. The van der Waals surface area contributed by atoms with Crippen LogP contribution >= 0.6 is 0 Å². The first-order valence-corrected chi connectivity index (χ1v) is 11.1. The van der Waals surface area contributed by atoms with E-state index in [-0.39, 0.29) is 42.8 Å². The first-order chi connectivity index (χ1) is 14.4. The molecule has 2 amide bonds. The fourth-order valence-electron chi connectivity index (χ4n) is 3.17. The lowest BCUT2D eigenvalue weighted by Crippen LogP contribution is -2.50. The number of anilines is 1. The number of sulfonamides is 1. The van der Waals surface area contributed by atoms with Crippen LogP contribution in [0.3, 0.4) is 0 Å². The Morgan fingerprint density at radius 3 is 2.20 bits per heavy atom. The van der Waals surface area contributed by atoms with Gasteiger partial charge in [-0.05, 0) is 36.4 Å². The van der Waals surface area contributed by atoms with E-state index in [1.54, 1.807) is 17.0 Å². The molecule has 0 radical (unpaired) electrons. The molecule has 160 valence electrons. The van der Waals surface area contributed by atoms with E-state index in [0.29, 0.717) is 24.5 Å². The third kappa shape index (κ3) is 5.58. The molecular weight excluding hydrogens is 406 g/mol. The molecule has 9 heteroatoms. The minimum Gasteiger partial charge on any atom is -0.493 e. The summed E-state index contributed by atoms with van der Waals surface area (Å²) in [4.78, 5) is 25.3. The van der Waals surface area contributed by atoms with Crippen molar-refractivity contribution in [2.75, 3.05) is 38.1 Å². The van der Waals surface area contributed by atoms with Gasteiger partial charge in [-0.15, -0.1) is 0 Å². The molecule has 2 aromatic rings. The lowest BCUT2D eigenvalue weighted by atomic mass is 10.3. The topological polar surface area (TPSA) is 96.0 Å². The van der Waals surface area contributed by atoms with E-state index >= 15 is 0 Å². The quantitative estimate of drug-likeness (QED) is 0.723. The van der Waals surface area contributed by atoms with E-state index in [4.69, 9.17) is 4.74 Å². The van der Waals surface area contributed by atoms with Crippen molar-refractivity contribution in [2.24, 2.45) is 0 Å². The highest BCUT2D eigenvalue weighted by Gasteiger charge is 2.30. The minimum atomic E-state index is -3.65. The van der Waals surface area contributed by atoms with Gasteiger partial charge in [0.05, 0.1) is 17.9 Å². The Bertz CT molecular complexity index is 969. The van der Waals surface area contributed by atoms with E-state index in [2.05, 4.69) is 5.32 Å². The second kappa shape index (κ2) is 9.73. The zero-order valence-electron chi connectivity index (χ0n) is 16.8. The standard InChI is InChI=1S/C21H25N3O5S/c1-17(25)22-18-7-9-20(10-8-18)30(27,28)24-14-12-23(13-15-24)21(26)11-16-29-19-5-3-2-4-6-19/h2-10H,11-16H2,1H3,(H,22,25). The number of benzene rings is 2. The Morgan fingerprint density at radius 1 is 0.967 bits per heavy atom. The number of ether oxygens (including phenoxy) is 1. The van der Waals surface area contributed by atoms with Crippen molar-refractivity contribution in [1.82, 2.24) is 9.21 Å². The Kier molecular flexibility index (Phi) is 7.07. The predicted octanol–water partition coefficient (Wildman–Crippen LogP) is 1.95. The van der Waals surface area contributed by atoms with Gasteiger partial charge >= 0.3 is 0 Å². The van der Waals surface area contributed by atoms with Crippen LogP contribution in [0.4, 0.5) is 5.69 Å². The van der Waals surface area contributed by atoms with Crippen LogP contribution in [0.25, 0.3) is 0 Å². The van der Waals surface area contributed by atoms with Gasteiger partial charge in [-0.25, -0.2) is 8.42 Å². The van der Waals surface area contributed by atoms with E-state index in [1.807, 2.05) is 30.3 Å². The van der Waals surface area contributed by atoms with Crippen LogP contribution in [-0.4, -0.2) is 62.2 Å². The Labute approximate surface area is 176 Å². The number of hydrogen-bond donors (Lipinski definition) is 1. The van der Waals surface area contributed by atoms with Crippen LogP contribution in [-0.2, 0) is 19.6 Å². The molecule has 1 N–H and O–H groups in total. The van der Waals surface area contributed by atoms with Crippen LogP contribution in [0.5, 0.6) is 5.75 Å². The number of hydrogen-bond acceptors (Lipinski definition) is 5. The van der Waals surface area contributed by atoms with Crippen molar-refractivity contribution in [1.29, 1.82) is 0 Å². The van der Waals surface area contributed by atoms with E-state index in [9.17, 15) is 18.0 Å². The van der Waals surface area contributed by atoms with Crippen molar-refractivity contribution < 1.29 is 22.7 Å². The van der Waals surface area contributed by atoms with Crippen LogP contribution in [0.2, 0.25) is 0 Å². The molecular formula is C21H25N3O5S. The number of nitrogens with one attached hydrogen (secondary N) is 1. The molecule has 0 saturated carbocycles. The third-order valence-electron chi connectivity index (χ3n) is 4.73. The highest BCUT2D eigenvalue weighted by Crippen LogP contribution is 2.20. The van der Waals surface area contributed by atoms with Gasteiger partial charge in [0, 0.05) is 38.8 Å². The molecule has 1 aliphatic heterocycles. The summed E-state index contributed by atoms with van der Waals surface area (Å²) in [5.74, 6) is 0.439. The molecule has 0 aromatic heterocycles. The zero-order valence-corrected chi connectivity index (χ0v) is 17.6. The smallest absolute Gasteiger partial charge is 0.243 e. The lowest BCUT2D eigenvalue weighted by Gasteiger charge is -2.34. The van der Waals surface area contributed by atoms with Crippen LogP contribution in [0, 0.1) is 0 Å². The number of rotatable bonds is 7. The summed E-state index contributed by atoms with van der Waals surface area (Å²) in [6.45, 7) is 2.82. The number of nitrogens with zero attached hydrogens (tertiary/aromatic N) is 2. The van der Waals surface area contributed by atoms with Gasteiger partial charge in [0.15, 0.2) is 0 Å². The number of carbonyl (C=O) groups is 2. The lowest BCUT2D eigenvalue weighted by molar-refractivity contribution is -0.132. The van der Waals surface area contributed by atoms with E-state index in [1.165, 1.54) is 23.4 Å². The molecule has 2 aromatic carbocycles. The number of piperazine rings is 1. The molecule has 0 spiro atoms. The normalized spacial score (nSPS) is 14.9. The Balaban J connectivity index is 1.50. The van der Waals surface area contributed by atoms with Gasteiger partial charge in [0.2, 0.25) is 21.8 Å². The second-order valence-corrected chi connectivity index (χ2v) is 8.84. The van der Waals surface area contributed by atoms with Gasteiger partial charge in [0.1, 0.15) is 5.75 Å². The van der Waals surface area contributed by atoms with Crippen molar-refractivity contribution in [3.8, 4) is 5.75 Å². The van der Waals surface area contributed by atoms with Gasteiger partial charge < -0.3 is 15.0 Å². The summed E-state index contributed by atoms with van der Waals surface area (Å²) < 4.78 is 32.6. The third-order valence-corrected chi connectivity index (χ3v) is 6.64. The number of carbonyl (C=O) groups excluding carboxylic acids is 2. The fraction of sp³-hybridized carbons (Fsp3) is 0.333. The predicted molar refractivity (Wildman–Crippen MR) is 113 cm³/mol. The van der Waals surface area contributed by atoms with Crippen molar-refractivity contribution in [3.05, 3.63) is 54.6 Å². The monoisotopic (exact) mass is 431 g/mol. The summed E-state index contributed by atoms with van der Waals surface area (Å²) in [5, 5.41) is 2.61. The Hall–Kier alpha value is -2.91. The molecule has 30 heavy (non-hydrogen) atoms. The molecule has 0 unspecified atom stereocenters. The molecule has 0 aliphatic carbocycles. The van der Waals surface area contributed by atoms with Crippen molar-refractivity contribution in [3.63, 3.8) is 0 Å². The van der Waals surface area contributed by atoms with Gasteiger partial charge in [-0.1, -0.05) is 18.2 Å². The molecule has 0 atom stereocenters. The first-order valence-electron chi connectivity index (χ1n) is 9.70. The van der Waals surface area contributed by atoms with Gasteiger partial charge in [0.25, 0.3) is 0 Å². The SMILES string of the molecule is CC(=O)Nc1ccc(S(=O)(=O)N2CCN(C(=O)CCOc3ccccc3)CC2)cc1. The molecule has 1 aliphatic rings. The zero-order chi connectivity index (χ0) is 21.6. The van der Waals surface area contributed by atoms with Crippen LogP contribution < -0.4 is 10.1 Å². The molecule has 1 heterocycles. The maximum Gasteiger partial charge on any atom is 0.243 e. The first kappa shape index (κ1) is 21.8. The maximum atomic E-state index is 12.8. The minimum absolute atomic E-state index is 0.0531. The second-order valence-electron chi connectivity index (χ2n) is 6.90.